The summed E-state index contributed by atoms with van der Waals surface area (Å²) in [5.41, 5.74) is 0.951. The van der Waals surface area contributed by atoms with E-state index in [1.807, 2.05) is 33.7 Å². The van der Waals surface area contributed by atoms with Gasteiger partial charge in [-0.3, -0.25) is 19.1 Å². The molecular weight excluding hydrogens is 382 g/mol. The Morgan fingerprint density at radius 1 is 1.00 bits per heavy atom. The number of piperidine rings is 1. The van der Waals surface area contributed by atoms with Crippen LogP contribution in [0.15, 0.2) is 45.8 Å². The van der Waals surface area contributed by atoms with Gasteiger partial charge in [0.25, 0.3) is 5.56 Å². The Kier molecular flexibility index (Phi) is 4.35. The molecule has 4 aliphatic heterocycles. The van der Waals surface area contributed by atoms with Crippen molar-refractivity contribution in [3.05, 3.63) is 58.4 Å². The molecule has 0 unspecified atom stereocenters. The SMILES string of the molecule is O=C([C@H]1[C@H]2C[C@H](CN(Cc3ccco3)C2)c2cccc(=O)n21)N1C[C@H]2COC[C@H]2C1. The van der Waals surface area contributed by atoms with Crippen molar-refractivity contribution in [2.45, 2.75) is 24.9 Å². The molecule has 7 nitrogen and oxygen atoms in total. The van der Waals surface area contributed by atoms with Gasteiger partial charge in [0.2, 0.25) is 5.91 Å². The maximum atomic E-state index is 13.8. The van der Waals surface area contributed by atoms with Gasteiger partial charge >= 0.3 is 0 Å². The van der Waals surface area contributed by atoms with E-state index in [2.05, 4.69) is 4.90 Å². The van der Waals surface area contributed by atoms with Gasteiger partial charge in [0.05, 0.1) is 26.0 Å². The second-order valence-electron chi connectivity index (χ2n) is 9.37. The summed E-state index contributed by atoms with van der Waals surface area (Å²) in [6.07, 6.45) is 2.66. The molecule has 3 saturated heterocycles. The maximum absolute atomic E-state index is 13.8. The zero-order chi connectivity index (χ0) is 20.2. The second-order valence-corrected chi connectivity index (χ2v) is 9.37. The number of carbonyl (C=O) groups excluding carboxylic acids is 1. The van der Waals surface area contributed by atoms with Crippen LogP contribution in [0.4, 0.5) is 0 Å². The van der Waals surface area contributed by atoms with Crippen LogP contribution in [-0.4, -0.2) is 59.7 Å². The van der Waals surface area contributed by atoms with Gasteiger partial charge in [-0.1, -0.05) is 6.07 Å². The van der Waals surface area contributed by atoms with E-state index >= 15 is 0 Å². The number of furan rings is 1. The number of hydrogen-bond donors (Lipinski definition) is 0. The highest BCUT2D eigenvalue weighted by atomic mass is 16.5. The summed E-state index contributed by atoms with van der Waals surface area (Å²) in [5.74, 6) is 2.34. The van der Waals surface area contributed by atoms with E-state index in [0.717, 1.165) is 63.8 Å². The third kappa shape index (κ3) is 2.94. The Morgan fingerprint density at radius 2 is 1.83 bits per heavy atom. The molecule has 7 heteroatoms. The first-order valence-electron chi connectivity index (χ1n) is 11.0. The lowest BCUT2D eigenvalue weighted by molar-refractivity contribution is -0.138. The highest BCUT2D eigenvalue weighted by Crippen LogP contribution is 2.43. The summed E-state index contributed by atoms with van der Waals surface area (Å²) < 4.78 is 13.0. The number of hydrogen-bond acceptors (Lipinski definition) is 5. The molecule has 0 aliphatic carbocycles. The lowest BCUT2D eigenvalue weighted by Crippen LogP contribution is -2.53. The third-order valence-corrected chi connectivity index (χ3v) is 7.49. The van der Waals surface area contributed by atoms with E-state index in [1.54, 1.807) is 12.3 Å². The zero-order valence-corrected chi connectivity index (χ0v) is 17.0. The van der Waals surface area contributed by atoms with Crippen LogP contribution in [0.1, 0.15) is 29.8 Å². The molecular formula is C23H27N3O4. The summed E-state index contributed by atoms with van der Waals surface area (Å²) in [5, 5.41) is 0. The topological polar surface area (TPSA) is 67.9 Å². The number of ether oxygens (including phenoxy) is 1. The molecule has 0 N–H and O–H groups in total. The van der Waals surface area contributed by atoms with Gasteiger partial charge in [-0.15, -0.1) is 0 Å². The average Bonchev–Trinajstić information content (AvgIpc) is 3.46. The summed E-state index contributed by atoms with van der Waals surface area (Å²) in [7, 11) is 0. The molecule has 6 rings (SSSR count). The van der Waals surface area contributed by atoms with Crippen molar-refractivity contribution in [2.75, 3.05) is 39.4 Å². The van der Waals surface area contributed by atoms with Crippen molar-refractivity contribution in [3.63, 3.8) is 0 Å². The molecule has 2 aromatic heterocycles. The Labute approximate surface area is 175 Å². The van der Waals surface area contributed by atoms with Gasteiger partial charge in [0.15, 0.2) is 0 Å². The van der Waals surface area contributed by atoms with Crippen molar-refractivity contribution in [1.29, 1.82) is 0 Å². The van der Waals surface area contributed by atoms with Crippen LogP contribution in [0.5, 0.6) is 0 Å². The molecule has 30 heavy (non-hydrogen) atoms. The predicted molar refractivity (Wildman–Crippen MR) is 109 cm³/mol. The monoisotopic (exact) mass is 409 g/mol. The minimum Gasteiger partial charge on any atom is -0.468 e. The molecule has 2 aromatic rings. The van der Waals surface area contributed by atoms with E-state index in [9.17, 15) is 9.59 Å². The highest BCUT2D eigenvalue weighted by Gasteiger charge is 2.47. The number of pyridine rings is 1. The third-order valence-electron chi connectivity index (χ3n) is 7.49. The zero-order valence-electron chi connectivity index (χ0n) is 17.0. The van der Waals surface area contributed by atoms with Gasteiger partial charge in [-0.05, 0) is 24.6 Å². The van der Waals surface area contributed by atoms with Crippen molar-refractivity contribution in [3.8, 4) is 0 Å². The highest BCUT2D eigenvalue weighted by molar-refractivity contribution is 5.81. The largest absolute Gasteiger partial charge is 0.468 e. The summed E-state index contributed by atoms with van der Waals surface area (Å²) >= 11 is 0. The lowest BCUT2D eigenvalue weighted by Gasteiger charge is -2.46. The standard InChI is InChI=1S/C23H27N3O4/c27-21-5-1-4-20-15-7-16(9-24(8-15)12-19-3-2-6-30-19)22(26(20)21)23(28)25-10-17-13-29-14-18(17)11-25/h1-6,15-18,22H,7-14H2/t15-,16+,17-,18+,22-/m1/s1. The van der Waals surface area contributed by atoms with Crippen molar-refractivity contribution in [2.24, 2.45) is 17.8 Å². The van der Waals surface area contributed by atoms with E-state index in [0.29, 0.717) is 11.8 Å². The number of aromatic nitrogens is 1. The molecule has 0 aromatic carbocycles. The van der Waals surface area contributed by atoms with Gasteiger partial charge < -0.3 is 14.1 Å². The minimum atomic E-state index is -0.413. The summed E-state index contributed by atoms with van der Waals surface area (Å²) in [6, 6.07) is 8.96. The van der Waals surface area contributed by atoms with Crippen LogP contribution in [0, 0.1) is 17.8 Å². The average molecular weight is 409 g/mol. The normalized spacial score (nSPS) is 32.8. The second kappa shape index (κ2) is 7.10. The van der Waals surface area contributed by atoms with Crippen LogP contribution in [0.25, 0.3) is 0 Å². The Bertz CT molecular complexity index is 988. The molecule has 0 saturated carbocycles. The summed E-state index contributed by atoms with van der Waals surface area (Å²) in [4.78, 5) is 31.0. The molecule has 0 radical (unpaired) electrons. The molecule has 158 valence electrons. The first-order valence-corrected chi connectivity index (χ1v) is 11.0. The van der Waals surface area contributed by atoms with E-state index in [1.165, 1.54) is 0 Å². The molecule has 2 bridgehead atoms. The number of rotatable bonds is 3. The molecule has 0 spiro atoms. The van der Waals surface area contributed by atoms with Crippen molar-refractivity contribution in [1.82, 2.24) is 14.4 Å². The number of likely N-dealkylation sites (tertiary alicyclic amines) is 2. The number of amides is 1. The Morgan fingerprint density at radius 3 is 2.60 bits per heavy atom. The molecule has 6 heterocycles. The van der Waals surface area contributed by atoms with E-state index in [4.69, 9.17) is 9.15 Å². The predicted octanol–water partition coefficient (Wildman–Crippen LogP) is 1.71. The molecule has 3 fully saturated rings. The van der Waals surface area contributed by atoms with Crippen LogP contribution < -0.4 is 5.56 Å². The van der Waals surface area contributed by atoms with Crippen LogP contribution in [-0.2, 0) is 16.1 Å². The maximum Gasteiger partial charge on any atom is 0.251 e. The fourth-order valence-corrected chi connectivity index (χ4v) is 6.15. The van der Waals surface area contributed by atoms with E-state index in [-0.39, 0.29) is 23.3 Å². The van der Waals surface area contributed by atoms with Crippen LogP contribution >= 0.6 is 0 Å². The fourth-order valence-electron chi connectivity index (χ4n) is 6.15. The first-order chi connectivity index (χ1) is 14.7. The lowest BCUT2D eigenvalue weighted by atomic mass is 9.78. The van der Waals surface area contributed by atoms with Gasteiger partial charge in [0.1, 0.15) is 11.8 Å². The first kappa shape index (κ1) is 18.4. The van der Waals surface area contributed by atoms with Crippen molar-refractivity contribution >= 4 is 5.91 Å². The van der Waals surface area contributed by atoms with Gasteiger partial charge in [0, 0.05) is 61.6 Å². The molecule has 5 atom stereocenters. The quantitative estimate of drug-likeness (QED) is 0.772. The Balaban J connectivity index is 1.33. The number of fused-ring (bicyclic) bond motifs is 5. The number of carbonyl (C=O) groups is 1. The van der Waals surface area contributed by atoms with Crippen LogP contribution in [0.3, 0.4) is 0 Å². The van der Waals surface area contributed by atoms with Gasteiger partial charge in [-0.2, -0.15) is 0 Å². The van der Waals surface area contributed by atoms with Gasteiger partial charge in [-0.25, -0.2) is 0 Å². The Hall–Kier alpha value is -2.38. The molecule has 1 amide bonds. The van der Waals surface area contributed by atoms with Crippen LogP contribution in [0.2, 0.25) is 0 Å². The number of nitrogens with zero attached hydrogens (tertiary/aromatic N) is 3. The smallest absolute Gasteiger partial charge is 0.251 e. The fraction of sp³-hybridized carbons (Fsp3) is 0.565. The summed E-state index contributed by atoms with van der Waals surface area (Å²) in [6.45, 7) is 5.43. The van der Waals surface area contributed by atoms with Crippen molar-refractivity contribution < 1.29 is 13.9 Å². The van der Waals surface area contributed by atoms with E-state index < -0.39 is 6.04 Å². The minimum absolute atomic E-state index is 0.0530. The molecule has 4 aliphatic rings.